The highest BCUT2D eigenvalue weighted by molar-refractivity contribution is 5.96. The molecule has 0 aliphatic heterocycles. The van der Waals surface area contributed by atoms with Gasteiger partial charge >= 0.3 is 0 Å². The normalized spacial score (nSPS) is 15.8. The summed E-state index contributed by atoms with van der Waals surface area (Å²) in [6, 6.07) is 5.64. The van der Waals surface area contributed by atoms with Gasteiger partial charge in [-0.2, -0.15) is 0 Å². The largest absolute Gasteiger partial charge is 0.378 e. The van der Waals surface area contributed by atoms with Crippen molar-refractivity contribution >= 4 is 5.78 Å². The van der Waals surface area contributed by atoms with Crippen LogP contribution in [0.15, 0.2) is 24.3 Å². The third-order valence-corrected chi connectivity index (χ3v) is 2.90. The molecule has 86 valence electrons. The van der Waals surface area contributed by atoms with Gasteiger partial charge in [-0.05, 0) is 43.5 Å². The predicted molar refractivity (Wildman–Crippen MR) is 58.9 cm³/mol. The summed E-state index contributed by atoms with van der Waals surface area (Å²) in [6.45, 7) is 0.473. The van der Waals surface area contributed by atoms with Crippen LogP contribution in [0.4, 0.5) is 4.39 Å². The maximum Gasteiger partial charge on any atom is 0.165 e. The van der Waals surface area contributed by atoms with Crippen LogP contribution in [-0.4, -0.2) is 18.5 Å². The molecule has 0 spiro atoms. The van der Waals surface area contributed by atoms with Gasteiger partial charge in [0.15, 0.2) is 5.78 Å². The third-order valence-electron chi connectivity index (χ3n) is 2.90. The zero-order valence-corrected chi connectivity index (χ0v) is 9.12. The molecule has 0 N–H and O–H groups in total. The minimum absolute atomic E-state index is 0.0133. The fourth-order valence-electron chi connectivity index (χ4n) is 1.64. The van der Waals surface area contributed by atoms with Crippen molar-refractivity contribution in [2.24, 2.45) is 0 Å². The summed E-state index contributed by atoms with van der Waals surface area (Å²) >= 11 is 0. The quantitative estimate of drug-likeness (QED) is 0.716. The van der Waals surface area contributed by atoms with Gasteiger partial charge in [0.05, 0.1) is 12.7 Å². The minimum atomic E-state index is -0.317. The Balaban J connectivity index is 1.76. The number of hydrogen-bond donors (Lipinski definition) is 0. The van der Waals surface area contributed by atoms with E-state index in [1.165, 1.54) is 30.7 Å². The van der Waals surface area contributed by atoms with Crippen molar-refractivity contribution in [3.8, 4) is 0 Å². The Morgan fingerprint density at radius 3 is 2.56 bits per heavy atom. The molecular weight excluding hydrogens is 207 g/mol. The van der Waals surface area contributed by atoms with Gasteiger partial charge in [0, 0.05) is 12.0 Å². The van der Waals surface area contributed by atoms with Crippen LogP contribution < -0.4 is 0 Å². The molecule has 0 heterocycles. The highest BCUT2D eigenvalue weighted by Gasteiger charge is 2.18. The van der Waals surface area contributed by atoms with Crippen molar-refractivity contribution < 1.29 is 13.9 Å². The number of Topliss-reactive ketones (excluding diaryl/α,β-unsaturated/α-hetero) is 1. The molecular formula is C13H15FO2. The third kappa shape index (κ3) is 2.89. The van der Waals surface area contributed by atoms with Crippen LogP contribution in [0.5, 0.6) is 0 Å². The second kappa shape index (κ2) is 5.21. The molecule has 0 aromatic heterocycles. The van der Waals surface area contributed by atoms with Crippen LogP contribution in [0.3, 0.4) is 0 Å². The standard InChI is InChI=1S/C13H15FO2/c14-11-6-4-10(5-7-11)13(15)8-9-16-12-2-1-3-12/h4-7,12H,1-3,8-9H2. The fourth-order valence-corrected chi connectivity index (χ4v) is 1.64. The van der Waals surface area contributed by atoms with Crippen LogP contribution in [0.2, 0.25) is 0 Å². The number of rotatable bonds is 5. The molecule has 0 saturated heterocycles. The first-order chi connectivity index (χ1) is 7.75. The molecule has 3 heteroatoms. The van der Waals surface area contributed by atoms with E-state index >= 15 is 0 Å². The van der Waals surface area contributed by atoms with Crippen molar-refractivity contribution in [3.05, 3.63) is 35.6 Å². The zero-order chi connectivity index (χ0) is 11.4. The Morgan fingerprint density at radius 2 is 2.00 bits per heavy atom. The molecule has 1 aliphatic carbocycles. The van der Waals surface area contributed by atoms with E-state index in [2.05, 4.69) is 0 Å². The Kier molecular flexibility index (Phi) is 3.67. The summed E-state index contributed by atoms with van der Waals surface area (Å²) in [5.74, 6) is -0.304. The molecule has 1 saturated carbocycles. The van der Waals surface area contributed by atoms with Gasteiger partial charge in [-0.1, -0.05) is 0 Å². The van der Waals surface area contributed by atoms with Gasteiger partial charge < -0.3 is 4.74 Å². The maximum absolute atomic E-state index is 12.6. The molecule has 0 amide bonds. The number of hydrogen-bond acceptors (Lipinski definition) is 2. The molecule has 1 fully saturated rings. The van der Waals surface area contributed by atoms with E-state index in [4.69, 9.17) is 4.74 Å². The molecule has 0 bridgehead atoms. The first-order valence-corrected chi connectivity index (χ1v) is 5.66. The van der Waals surface area contributed by atoms with Gasteiger partial charge in [-0.25, -0.2) is 4.39 Å². The van der Waals surface area contributed by atoms with Gasteiger partial charge in [-0.3, -0.25) is 4.79 Å². The van der Waals surface area contributed by atoms with E-state index in [9.17, 15) is 9.18 Å². The van der Waals surface area contributed by atoms with E-state index < -0.39 is 0 Å². The van der Waals surface area contributed by atoms with Crippen molar-refractivity contribution in [3.63, 3.8) is 0 Å². The number of carbonyl (C=O) groups excluding carboxylic acids is 1. The summed E-state index contributed by atoms with van der Waals surface area (Å²) in [6.07, 6.45) is 4.20. The lowest BCUT2D eigenvalue weighted by Crippen LogP contribution is -2.22. The number of halogens is 1. The Labute approximate surface area is 94.4 Å². The lowest BCUT2D eigenvalue weighted by atomic mass is 9.96. The average Bonchev–Trinajstić information content (AvgIpc) is 2.22. The molecule has 1 aromatic carbocycles. The molecule has 0 atom stereocenters. The second-order valence-corrected chi connectivity index (χ2v) is 4.10. The van der Waals surface area contributed by atoms with Crippen LogP contribution >= 0.6 is 0 Å². The zero-order valence-electron chi connectivity index (χ0n) is 9.12. The van der Waals surface area contributed by atoms with Crippen molar-refractivity contribution in [1.82, 2.24) is 0 Å². The Hall–Kier alpha value is -1.22. The van der Waals surface area contributed by atoms with Crippen LogP contribution in [-0.2, 0) is 4.74 Å². The summed E-state index contributed by atoms with van der Waals surface area (Å²) in [7, 11) is 0. The summed E-state index contributed by atoms with van der Waals surface area (Å²) in [5.41, 5.74) is 0.554. The van der Waals surface area contributed by atoms with E-state index in [1.54, 1.807) is 0 Å². The smallest absolute Gasteiger partial charge is 0.165 e. The first-order valence-electron chi connectivity index (χ1n) is 5.66. The molecule has 1 aliphatic rings. The van der Waals surface area contributed by atoms with Crippen molar-refractivity contribution in [2.45, 2.75) is 31.8 Å². The fraction of sp³-hybridized carbons (Fsp3) is 0.462. The lowest BCUT2D eigenvalue weighted by Gasteiger charge is -2.25. The highest BCUT2D eigenvalue weighted by Crippen LogP contribution is 2.22. The van der Waals surface area contributed by atoms with Gasteiger partial charge in [0.2, 0.25) is 0 Å². The molecule has 1 aromatic rings. The van der Waals surface area contributed by atoms with E-state index in [-0.39, 0.29) is 11.6 Å². The maximum atomic E-state index is 12.6. The van der Waals surface area contributed by atoms with Gasteiger partial charge in [0.25, 0.3) is 0 Å². The predicted octanol–water partition coefficient (Wildman–Crippen LogP) is 2.97. The van der Waals surface area contributed by atoms with E-state index in [0.29, 0.717) is 24.7 Å². The van der Waals surface area contributed by atoms with Gasteiger partial charge in [-0.15, -0.1) is 0 Å². The van der Waals surface area contributed by atoms with Crippen LogP contribution in [0, 0.1) is 5.82 Å². The van der Waals surface area contributed by atoms with E-state index in [1.807, 2.05) is 0 Å². The summed E-state index contributed by atoms with van der Waals surface area (Å²) in [4.78, 5) is 11.6. The number of ketones is 1. The number of benzene rings is 1. The first kappa shape index (κ1) is 11.3. The average molecular weight is 222 g/mol. The van der Waals surface area contributed by atoms with E-state index in [0.717, 1.165) is 12.8 Å². The van der Waals surface area contributed by atoms with Gasteiger partial charge in [0.1, 0.15) is 5.82 Å². The molecule has 2 rings (SSSR count). The Bertz CT molecular complexity index is 355. The summed E-state index contributed by atoms with van der Waals surface area (Å²) < 4.78 is 18.1. The number of carbonyl (C=O) groups is 1. The topological polar surface area (TPSA) is 26.3 Å². The minimum Gasteiger partial charge on any atom is -0.378 e. The number of ether oxygens (including phenoxy) is 1. The second-order valence-electron chi connectivity index (χ2n) is 4.10. The molecule has 0 unspecified atom stereocenters. The van der Waals surface area contributed by atoms with Crippen molar-refractivity contribution in [1.29, 1.82) is 0 Å². The van der Waals surface area contributed by atoms with Crippen molar-refractivity contribution in [2.75, 3.05) is 6.61 Å². The lowest BCUT2D eigenvalue weighted by molar-refractivity contribution is 0.00265. The summed E-state index contributed by atoms with van der Waals surface area (Å²) in [5, 5.41) is 0. The van der Waals surface area contributed by atoms with Crippen LogP contribution in [0.25, 0.3) is 0 Å². The molecule has 0 radical (unpaired) electrons. The monoisotopic (exact) mass is 222 g/mol. The molecule has 16 heavy (non-hydrogen) atoms. The van der Waals surface area contributed by atoms with Crippen LogP contribution in [0.1, 0.15) is 36.0 Å². The highest BCUT2D eigenvalue weighted by atomic mass is 19.1. The SMILES string of the molecule is O=C(CCOC1CCC1)c1ccc(F)cc1. The Morgan fingerprint density at radius 1 is 1.31 bits per heavy atom. The molecule has 2 nitrogen and oxygen atoms in total.